The molecule has 0 bridgehead atoms. The number of hydrogen-bond acceptors (Lipinski definition) is 1. The Balaban J connectivity index is 2.37. The van der Waals surface area contributed by atoms with Gasteiger partial charge in [-0.1, -0.05) is 32.0 Å². The molecule has 0 saturated heterocycles. The normalized spacial score (nSPS) is 11.9. The van der Waals surface area contributed by atoms with Crippen LogP contribution in [0.4, 0.5) is 0 Å². The first-order chi connectivity index (χ1) is 9.00. The van der Waals surface area contributed by atoms with Gasteiger partial charge in [0.15, 0.2) is 5.96 Å². The van der Waals surface area contributed by atoms with Crippen LogP contribution in [0.1, 0.15) is 37.0 Å². The summed E-state index contributed by atoms with van der Waals surface area (Å²) in [7, 11) is 0. The van der Waals surface area contributed by atoms with Crippen molar-refractivity contribution in [3.05, 3.63) is 34.9 Å². The molecule has 3 nitrogen and oxygen atoms in total. The smallest absolute Gasteiger partial charge is 0.188 e. The zero-order valence-electron chi connectivity index (χ0n) is 12.7. The Hall–Kier alpha value is -1.51. The van der Waals surface area contributed by atoms with Gasteiger partial charge in [-0.3, -0.25) is 4.99 Å². The second-order valence-corrected chi connectivity index (χ2v) is 5.50. The second-order valence-electron chi connectivity index (χ2n) is 5.50. The van der Waals surface area contributed by atoms with Gasteiger partial charge in [0.25, 0.3) is 0 Å². The van der Waals surface area contributed by atoms with E-state index in [-0.39, 0.29) is 0 Å². The SMILES string of the molecule is Cc1cccc(C)c1CCNC(N)=NCCC(C)C. The molecule has 1 aromatic rings. The molecule has 0 unspecified atom stereocenters. The number of benzene rings is 1. The average Bonchev–Trinajstić information content (AvgIpc) is 2.32. The number of nitrogens with one attached hydrogen (secondary N) is 1. The van der Waals surface area contributed by atoms with Crippen LogP contribution in [0.25, 0.3) is 0 Å². The van der Waals surface area contributed by atoms with E-state index in [2.05, 4.69) is 56.2 Å². The number of aryl methyl sites for hydroxylation is 2. The van der Waals surface area contributed by atoms with E-state index in [0.29, 0.717) is 11.9 Å². The van der Waals surface area contributed by atoms with Gasteiger partial charge in [0.1, 0.15) is 0 Å². The van der Waals surface area contributed by atoms with Gasteiger partial charge in [0.05, 0.1) is 0 Å². The second kappa shape index (κ2) is 7.82. The molecule has 3 N–H and O–H groups in total. The van der Waals surface area contributed by atoms with E-state index in [1.807, 2.05) is 0 Å². The summed E-state index contributed by atoms with van der Waals surface area (Å²) in [6, 6.07) is 6.41. The Bertz CT molecular complexity index is 402. The van der Waals surface area contributed by atoms with Gasteiger partial charge in [0, 0.05) is 13.1 Å². The summed E-state index contributed by atoms with van der Waals surface area (Å²) in [6.45, 7) is 10.3. The monoisotopic (exact) mass is 261 g/mol. The summed E-state index contributed by atoms with van der Waals surface area (Å²) in [5.41, 5.74) is 9.94. The summed E-state index contributed by atoms with van der Waals surface area (Å²) in [6.07, 6.45) is 2.07. The molecule has 0 spiro atoms. The Morgan fingerprint density at radius 3 is 2.47 bits per heavy atom. The van der Waals surface area contributed by atoms with Gasteiger partial charge >= 0.3 is 0 Å². The molecule has 0 amide bonds. The van der Waals surface area contributed by atoms with Gasteiger partial charge in [-0.15, -0.1) is 0 Å². The Morgan fingerprint density at radius 2 is 1.89 bits per heavy atom. The van der Waals surface area contributed by atoms with E-state index in [0.717, 1.165) is 25.9 Å². The minimum Gasteiger partial charge on any atom is -0.370 e. The first-order valence-electron chi connectivity index (χ1n) is 7.09. The van der Waals surface area contributed by atoms with Crippen molar-refractivity contribution in [1.82, 2.24) is 5.32 Å². The molecule has 0 aliphatic rings. The van der Waals surface area contributed by atoms with Crippen molar-refractivity contribution < 1.29 is 0 Å². The van der Waals surface area contributed by atoms with Crippen molar-refractivity contribution in [1.29, 1.82) is 0 Å². The quantitative estimate of drug-likeness (QED) is 0.611. The molecule has 0 heterocycles. The van der Waals surface area contributed by atoms with Crippen LogP contribution in [0.2, 0.25) is 0 Å². The molecule has 0 fully saturated rings. The lowest BCUT2D eigenvalue weighted by atomic mass is 10.0. The molecular weight excluding hydrogens is 234 g/mol. The molecule has 3 heteroatoms. The summed E-state index contributed by atoms with van der Waals surface area (Å²) in [5, 5.41) is 3.19. The lowest BCUT2D eigenvalue weighted by Gasteiger charge is -2.11. The van der Waals surface area contributed by atoms with Crippen molar-refractivity contribution in [2.45, 2.75) is 40.5 Å². The summed E-state index contributed by atoms with van der Waals surface area (Å²) in [4.78, 5) is 4.32. The fraction of sp³-hybridized carbons (Fsp3) is 0.562. The maximum absolute atomic E-state index is 5.84. The van der Waals surface area contributed by atoms with E-state index in [1.165, 1.54) is 16.7 Å². The van der Waals surface area contributed by atoms with Crippen LogP contribution in [0.3, 0.4) is 0 Å². The third-order valence-electron chi connectivity index (χ3n) is 3.31. The van der Waals surface area contributed by atoms with Gasteiger partial charge in [-0.25, -0.2) is 0 Å². The number of hydrogen-bond donors (Lipinski definition) is 2. The van der Waals surface area contributed by atoms with Gasteiger partial charge in [-0.2, -0.15) is 0 Å². The van der Waals surface area contributed by atoms with Crippen LogP contribution >= 0.6 is 0 Å². The van der Waals surface area contributed by atoms with Crippen molar-refractivity contribution in [2.24, 2.45) is 16.6 Å². The van der Waals surface area contributed by atoms with Gasteiger partial charge in [0.2, 0.25) is 0 Å². The van der Waals surface area contributed by atoms with E-state index < -0.39 is 0 Å². The van der Waals surface area contributed by atoms with E-state index in [9.17, 15) is 0 Å². The Kier molecular flexibility index (Phi) is 6.40. The molecule has 106 valence electrons. The number of nitrogens with zero attached hydrogens (tertiary/aromatic N) is 1. The molecule has 0 saturated carbocycles. The fourth-order valence-electron chi connectivity index (χ4n) is 2.06. The third-order valence-corrected chi connectivity index (χ3v) is 3.31. The topological polar surface area (TPSA) is 50.4 Å². The lowest BCUT2D eigenvalue weighted by Crippen LogP contribution is -2.33. The molecule has 19 heavy (non-hydrogen) atoms. The third kappa shape index (κ3) is 5.77. The van der Waals surface area contributed by atoms with Crippen molar-refractivity contribution in [3.63, 3.8) is 0 Å². The maximum Gasteiger partial charge on any atom is 0.188 e. The van der Waals surface area contributed by atoms with Gasteiger partial charge in [-0.05, 0) is 49.3 Å². The number of aliphatic imine (C=N–C) groups is 1. The highest BCUT2D eigenvalue weighted by molar-refractivity contribution is 5.77. The van der Waals surface area contributed by atoms with Crippen molar-refractivity contribution >= 4 is 5.96 Å². The van der Waals surface area contributed by atoms with E-state index >= 15 is 0 Å². The van der Waals surface area contributed by atoms with Gasteiger partial charge < -0.3 is 11.1 Å². The minimum atomic E-state index is 0.562. The Morgan fingerprint density at radius 1 is 1.26 bits per heavy atom. The lowest BCUT2D eigenvalue weighted by molar-refractivity contribution is 0.595. The zero-order valence-corrected chi connectivity index (χ0v) is 12.7. The van der Waals surface area contributed by atoms with Crippen LogP contribution in [0, 0.1) is 19.8 Å². The highest BCUT2D eigenvalue weighted by Gasteiger charge is 2.01. The van der Waals surface area contributed by atoms with E-state index in [1.54, 1.807) is 0 Å². The van der Waals surface area contributed by atoms with Crippen LogP contribution in [0.15, 0.2) is 23.2 Å². The summed E-state index contributed by atoms with van der Waals surface area (Å²) < 4.78 is 0. The molecule has 1 rings (SSSR count). The van der Waals surface area contributed by atoms with Crippen LogP contribution < -0.4 is 11.1 Å². The number of guanidine groups is 1. The largest absolute Gasteiger partial charge is 0.370 e. The Labute approximate surface area is 117 Å². The zero-order chi connectivity index (χ0) is 14.3. The number of nitrogens with two attached hydrogens (primary N) is 1. The molecule has 0 aromatic heterocycles. The molecular formula is C16H27N3. The van der Waals surface area contributed by atoms with E-state index in [4.69, 9.17) is 5.73 Å². The first kappa shape index (κ1) is 15.5. The predicted molar refractivity (Wildman–Crippen MR) is 83.6 cm³/mol. The number of rotatable bonds is 6. The molecule has 0 aliphatic heterocycles. The van der Waals surface area contributed by atoms with Crippen LogP contribution in [-0.4, -0.2) is 19.0 Å². The summed E-state index contributed by atoms with van der Waals surface area (Å²) in [5.74, 6) is 1.23. The minimum absolute atomic E-state index is 0.562. The van der Waals surface area contributed by atoms with Crippen LogP contribution in [0.5, 0.6) is 0 Å². The standard InChI is InChI=1S/C16H27N3/c1-12(2)8-10-18-16(17)19-11-9-15-13(3)6-5-7-14(15)4/h5-7,12H,8-11H2,1-4H3,(H3,17,18,19). The fourth-order valence-corrected chi connectivity index (χ4v) is 2.06. The summed E-state index contributed by atoms with van der Waals surface area (Å²) >= 11 is 0. The molecule has 0 atom stereocenters. The molecule has 0 radical (unpaired) electrons. The van der Waals surface area contributed by atoms with Crippen molar-refractivity contribution in [2.75, 3.05) is 13.1 Å². The maximum atomic E-state index is 5.84. The predicted octanol–water partition coefficient (Wildman–Crippen LogP) is 2.80. The highest BCUT2D eigenvalue weighted by Crippen LogP contribution is 2.13. The molecule has 0 aliphatic carbocycles. The van der Waals surface area contributed by atoms with Crippen LogP contribution in [-0.2, 0) is 6.42 Å². The first-order valence-corrected chi connectivity index (χ1v) is 7.09. The highest BCUT2D eigenvalue weighted by atomic mass is 15.1. The average molecular weight is 261 g/mol. The molecule has 1 aromatic carbocycles. The van der Waals surface area contributed by atoms with Crippen molar-refractivity contribution in [3.8, 4) is 0 Å².